The maximum absolute atomic E-state index is 9.65. The molecular weight excluding hydrogens is 242 g/mol. The number of benzene rings is 1. The van der Waals surface area contributed by atoms with Gasteiger partial charge in [0.25, 0.3) is 0 Å². The number of halogens is 1. The summed E-state index contributed by atoms with van der Waals surface area (Å²) >= 11 is 3.37. The van der Waals surface area contributed by atoms with Crippen LogP contribution in [0.3, 0.4) is 0 Å². The van der Waals surface area contributed by atoms with Gasteiger partial charge in [0, 0.05) is 4.47 Å². The van der Waals surface area contributed by atoms with Gasteiger partial charge in [-0.05, 0) is 18.1 Å². The van der Waals surface area contributed by atoms with Crippen LogP contribution in [0.15, 0.2) is 28.7 Å². The fourth-order valence-corrected chi connectivity index (χ4v) is 1.86. The predicted molar refractivity (Wildman–Crippen MR) is 58.8 cm³/mol. The lowest BCUT2D eigenvalue weighted by Crippen LogP contribution is -2.16. The SMILES string of the molecule is CCC(O)C(C#N)c1ccccc1Br. The molecule has 0 aliphatic carbocycles. The van der Waals surface area contributed by atoms with Gasteiger partial charge >= 0.3 is 0 Å². The van der Waals surface area contributed by atoms with E-state index in [9.17, 15) is 5.11 Å². The Kier molecular flexibility index (Phi) is 4.12. The van der Waals surface area contributed by atoms with Crippen molar-refractivity contribution in [2.45, 2.75) is 25.4 Å². The van der Waals surface area contributed by atoms with E-state index >= 15 is 0 Å². The van der Waals surface area contributed by atoms with Crippen LogP contribution in [0.2, 0.25) is 0 Å². The molecule has 1 aromatic carbocycles. The lowest BCUT2D eigenvalue weighted by Gasteiger charge is -2.16. The van der Waals surface area contributed by atoms with Crippen molar-refractivity contribution in [3.8, 4) is 6.07 Å². The summed E-state index contributed by atoms with van der Waals surface area (Å²) in [6.07, 6.45) is -0.0155. The van der Waals surface area contributed by atoms with E-state index < -0.39 is 12.0 Å². The second-order valence-electron chi connectivity index (χ2n) is 3.10. The first-order chi connectivity index (χ1) is 6.70. The van der Waals surface area contributed by atoms with Gasteiger partial charge in [-0.25, -0.2) is 0 Å². The summed E-state index contributed by atoms with van der Waals surface area (Å²) in [6.45, 7) is 1.87. The number of aliphatic hydroxyl groups excluding tert-OH is 1. The van der Waals surface area contributed by atoms with Crippen LogP contribution in [0.5, 0.6) is 0 Å². The summed E-state index contributed by atoms with van der Waals surface area (Å²) in [6, 6.07) is 9.62. The molecule has 2 unspecified atom stereocenters. The first-order valence-electron chi connectivity index (χ1n) is 4.52. The molecule has 0 fully saturated rings. The van der Waals surface area contributed by atoms with Gasteiger partial charge in [-0.2, -0.15) is 5.26 Å². The van der Waals surface area contributed by atoms with Crippen LogP contribution in [0.25, 0.3) is 0 Å². The molecule has 1 aromatic rings. The van der Waals surface area contributed by atoms with Crippen molar-refractivity contribution < 1.29 is 5.11 Å². The minimum Gasteiger partial charge on any atom is -0.391 e. The number of rotatable bonds is 3. The Balaban J connectivity index is 3.02. The molecule has 0 aromatic heterocycles. The summed E-state index contributed by atoms with van der Waals surface area (Å²) in [4.78, 5) is 0. The van der Waals surface area contributed by atoms with E-state index in [1.807, 2.05) is 31.2 Å². The summed E-state index contributed by atoms with van der Waals surface area (Å²) in [5, 5.41) is 18.6. The molecule has 0 spiro atoms. The molecule has 2 atom stereocenters. The van der Waals surface area contributed by atoms with Crippen molar-refractivity contribution in [2.75, 3.05) is 0 Å². The van der Waals surface area contributed by atoms with E-state index in [1.165, 1.54) is 0 Å². The molecule has 74 valence electrons. The van der Waals surface area contributed by atoms with Gasteiger partial charge in [0.2, 0.25) is 0 Å². The van der Waals surface area contributed by atoms with E-state index in [-0.39, 0.29) is 0 Å². The highest BCUT2D eigenvalue weighted by Gasteiger charge is 2.20. The first-order valence-corrected chi connectivity index (χ1v) is 5.32. The molecule has 14 heavy (non-hydrogen) atoms. The molecule has 3 heteroatoms. The zero-order valence-electron chi connectivity index (χ0n) is 7.94. The second kappa shape index (κ2) is 5.14. The predicted octanol–water partition coefficient (Wildman–Crippen LogP) is 2.83. The molecule has 1 rings (SSSR count). The molecule has 0 aliphatic heterocycles. The lowest BCUT2D eigenvalue weighted by molar-refractivity contribution is 0.157. The minimum atomic E-state index is -0.598. The molecule has 0 saturated carbocycles. The smallest absolute Gasteiger partial charge is 0.0982 e. The van der Waals surface area contributed by atoms with Gasteiger partial charge in [-0.3, -0.25) is 0 Å². The molecule has 0 amide bonds. The van der Waals surface area contributed by atoms with E-state index in [4.69, 9.17) is 5.26 Å². The number of hydrogen-bond donors (Lipinski definition) is 1. The Morgan fingerprint density at radius 1 is 1.50 bits per heavy atom. The van der Waals surface area contributed by atoms with Gasteiger partial charge in [0.05, 0.1) is 18.1 Å². The average Bonchev–Trinajstić information content (AvgIpc) is 2.21. The van der Waals surface area contributed by atoms with Crippen molar-refractivity contribution in [3.63, 3.8) is 0 Å². The van der Waals surface area contributed by atoms with Crippen LogP contribution < -0.4 is 0 Å². The molecule has 1 N–H and O–H groups in total. The Labute approximate surface area is 92.3 Å². The van der Waals surface area contributed by atoms with Crippen LogP contribution in [-0.4, -0.2) is 11.2 Å². The van der Waals surface area contributed by atoms with Crippen LogP contribution >= 0.6 is 15.9 Å². The van der Waals surface area contributed by atoms with E-state index in [2.05, 4.69) is 22.0 Å². The topological polar surface area (TPSA) is 44.0 Å². The Morgan fingerprint density at radius 2 is 2.14 bits per heavy atom. The zero-order chi connectivity index (χ0) is 10.6. The minimum absolute atomic E-state index is 0.449. The van der Waals surface area contributed by atoms with Gasteiger partial charge in [-0.1, -0.05) is 41.1 Å². The Morgan fingerprint density at radius 3 is 2.64 bits per heavy atom. The maximum Gasteiger partial charge on any atom is 0.0982 e. The largest absolute Gasteiger partial charge is 0.391 e. The van der Waals surface area contributed by atoms with E-state index in [0.717, 1.165) is 10.0 Å². The lowest BCUT2D eigenvalue weighted by atomic mass is 9.93. The third-order valence-corrected chi connectivity index (χ3v) is 2.90. The molecule has 0 bridgehead atoms. The number of hydrogen-bond acceptors (Lipinski definition) is 2. The van der Waals surface area contributed by atoms with Crippen LogP contribution in [-0.2, 0) is 0 Å². The van der Waals surface area contributed by atoms with Gasteiger partial charge in [0.1, 0.15) is 0 Å². The zero-order valence-corrected chi connectivity index (χ0v) is 9.53. The Hall–Kier alpha value is -0.850. The van der Waals surface area contributed by atoms with Crippen molar-refractivity contribution in [1.82, 2.24) is 0 Å². The first kappa shape index (κ1) is 11.2. The fourth-order valence-electron chi connectivity index (χ4n) is 1.33. The summed E-state index contributed by atoms with van der Waals surface area (Å²) in [7, 11) is 0. The maximum atomic E-state index is 9.65. The molecular formula is C11H12BrNO. The van der Waals surface area contributed by atoms with Gasteiger partial charge < -0.3 is 5.11 Å². The summed E-state index contributed by atoms with van der Waals surface area (Å²) in [5.41, 5.74) is 0.851. The normalized spacial score (nSPS) is 14.4. The van der Waals surface area contributed by atoms with Crippen molar-refractivity contribution >= 4 is 15.9 Å². The van der Waals surface area contributed by atoms with Gasteiger partial charge in [-0.15, -0.1) is 0 Å². The highest BCUT2D eigenvalue weighted by atomic mass is 79.9. The number of nitrogens with zero attached hydrogens (tertiary/aromatic N) is 1. The molecule has 0 radical (unpaired) electrons. The molecule has 0 aliphatic rings. The summed E-state index contributed by atoms with van der Waals surface area (Å²) < 4.78 is 0.874. The van der Waals surface area contributed by atoms with Crippen LogP contribution in [0.4, 0.5) is 0 Å². The fraction of sp³-hybridized carbons (Fsp3) is 0.364. The van der Waals surface area contributed by atoms with Crippen molar-refractivity contribution in [2.24, 2.45) is 0 Å². The standard InChI is InChI=1S/C11H12BrNO/c1-2-11(14)9(7-13)8-5-3-4-6-10(8)12/h3-6,9,11,14H,2H2,1H3. The Bertz CT molecular complexity index is 345. The summed E-state index contributed by atoms with van der Waals surface area (Å²) in [5.74, 6) is -0.449. The van der Waals surface area contributed by atoms with Crippen LogP contribution in [0.1, 0.15) is 24.8 Å². The number of nitriles is 1. The second-order valence-corrected chi connectivity index (χ2v) is 3.96. The third kappa shape index (κ3) is 2.34. The molecule has 0 saturated heterocycles. The average molecular weight is 254 g/mol. The van der Waals surface area contributed by atoms with E-state index in [1.54, 1.807) is 0 Å². The highest BCUT2D eigenvalue weighted by Crippen LogP contribution is 2.27. The molecule has 2 nitrogen and oxygen atoms in total. The quantitative estimate of drug-likeness (QED) is 0.901. The highest BCUT2D eigenvalue weighted by molar-refractivity contribution is 9.10. The molecule has 0 heterocycles. The van der Waals surface area contributed by atoms with Gasteiger partial charge in [0.15, 0.2) is 0 Å². The number of aliphatic hydroxyl groups is 1. The van der Waals surface area contributed by atoms with Crippen LogP contribution in [0, 0.1) is 11.3 Å². The van der Waals surface area contributed by atoms with Crippen molar-refractivity contribution in [3.05, 3.63) is 34.3 Å². The monoisotopic (exact) mass is 253 g/mol. The van der Waals surface area contributed by atoms with Crippen molar-refractivity contribution in [1.29, 1.82) is 5.26 Å². The third-order valence-electron chi connectivity index (χ3n) is 2.18. The van der Waals surface area contributed by atoms with E-state index in [0.29, 0.717) is 6.42 Å².